The van der Waals surface area contributed by atoms with Gasteiger partial charge >= 0.3 is 0 Å². The molecule has 156 valence electrons. The third-order valence-corrected chi connectivity index (χ3v) is 5.19. The lowest BCUT2D eigenvalue weighted by atomic mass is 10.1. The zero-order valence-corrected chi connectivity index (χ0v) is 17.2. The first kappa shape index (κ1) is 19.8. The van der Waals surface area contributed by atoms with Crippen LogP contribution in [0.5, 0.6) is 11.5 Å². The highest BCUT2D eigenvalue weighted by Gasteiger charge is 2.25. The highest BCUT2D eigenvalue weighted by Crippen LogP contribution is 2.38. The highest BCUT2D eigenvalue weighted by atomic mass is 16.5. The van der Waals surface area contributed by atoms with Crippen LogP contribution < -0.4 is 20.1 Å². The van der Waals surface area contributed by atoms with Crippen LogP contribution >= 0.6 is 0 Å². The van der Waals surface area contributed by atoms with E-state index in [2.05, 4.69) is 15.7 Å². The minimum Gasteiger partial charge on any atom is -0.493 e. The van der Waals surface area contributed by atoms with Crippen molar-refractivity contribution in [2.24, 2.45) is 13.0 Å². The Morgan fingerprint density at radius 1 is 1.13 bits per heavy atom. The second-order valence-corrected chi connectivity index (χ2v) is 7.45. The SMILES string of the molecule is COc1cc(C(=O)Nc2ccc3c(cnn3C)c2)cc(NC(=O)CC2CC2)c1OC. The summed E-state index contributed by atoms with van der Waals surface area (Å²) in [6, 6.07) is 8.77. The number of fused-ring (bicyclic) bond motifs is 1. The predicted molar refractivity (Wildman–Crippen MR) is 114 cm³/mol. The van der Waals surface area contributed by atoms with Gasteiger partial charge in [0, 0.05) is 30.1 Å². The first-order valence-electron chi connectivity index (χ1n) is 9.77. The van der Waals surface area contributed by atoms with E-state index < -0.39 is 0 Å². The molecular formula is C22H24N4O4. The fourth-order valence-electron chi connectivity index (χ4n) is 3.42. The van der Waals surface area contributed by atoms with E-state index in [-0.39, 0.29) is 11.8 Å². The normalized spacial score (nSPS) is 13.2. The molecule has 1 heterocycles. The van der Waals surface area contributed by atoms with Gasteiger partial charge in [-0.1, -0.05) is 0 Å². The Balaban J connectivity index is 1.59. The van der Waals surface area contributed by atoms with Crippen molar-refractivity contribution >= 4 is 34.1 Å². The quantitative estimate of drug-likeness (QED) is 0.623. The lowest BCUT2D eigenvalue weighted by Crippen LogP contribution is -2.16. The predicted octanol–water partition coefficient (Wildman–Crippen LogP) is 3.58. The molecule has 0 bridgehead atoms. The van der Waals surface area contributed by atoms with Gasteiger partial charge in [-0.3, -0.25) is 14.3 Å². The molecule has 3 aromatic rings. The minimum atomic E-state index is -0.322. The van der Waals surface area contributed by atoms with Crippen molar-refractivity contribution in [1.29, 1.82) is 0 Å². The summed E-state index contributed by atoms with van der Waals surface area (Å²) in [5, 5.41) is 10.9. The van der Waals surface area contributed by atoms with Crippen LogP contribution in [0.25, 0.3) is 10.9 Å². The Morgan fingerprint density at radius 2 is 1.93 bits per heavy atom. The van der Waals surface area contributed by atoms with Crippen molar-refractivity contribution in [3.63, 3.8) is 0 Å². The molecule has 1 aliphatic rings. The smallest absolute Gasteiger partial charge is 0.255 e. The fourth-order valence-corrected chi connectivity index (χ4v) is 3.42. The maximum Gasteiger partial charge on any atom is 0.255 e. The number of hydrogen-bond donors (Lipinski definition) is 2. The molecule has 2 N–H and O–H groups in total. The van der Waals surface area contributed by atoms with Crippen molar-refractivity contribution in [1.82, 2.24) is 9.78 Å². The molecule has 4 rings (SSSR count). The lowest BCUT2D eigenvalue weighted by Gasteiger charge is -2.16. The lowest BCUT2D eigenvalue weighted by molar-refractivity contribution is -0.116. The van der Waals surface area contributed by atoms with Gasteiger partial charge in [-0.25, -0.2) is 0 Å². The van der Waals surface area contributed by atoms with E-state index >= 15 is 0 Å². The number of ether oxygens (including phenoxy) is 2. The number of aromatic nitrogens is 2. The molecule has 1 aromatic heterocycles. The molecule has 1 aliphatic carbocycles. The maximum absolute atomic E-state index is 12.9. The zero-order valence-electron chi connectivity index (χ0n) is 17.2. The van der Waals surface area contributed by atoms with Crippen LogP contribution in [0.4, 0.5) is 11.4 Å². The molecule has 0 spiro atoms. The first-order chi connectivity index (χ1) is 14.5. The fraction of sp³-hybridized carbons (Fsp3) is 0.318. The zero-order chi connectivity index (χ0) is 21.3. The number of amides is 2. The van der Waals surface area contributed by atoms with E-state index in [1.807, 2.05) is 25.2 Å². The number of carbonyl (C=O) groups excluding carboxylic acids is 2. The van der Waals surface area contributed by atoms with E-state index in [1.165, 1.54) is 14.2 Å². The second-order valence-electron chi connectivity index (χ2n) is 7.45. The van der Waals surface area contributed by atoms with Crippen LogP contribution in [-0.4, -0.2) is 35.8 Å². The monoisotopic (exact) mass is 408 g/mol. The molecule has 1 fully saturated rings. The summed E-state index contributed by atoms with van der Waals surface area (Å²) >= 11 is 0. The molecule has 2 amide bonds. The van der Waals surface area contributed by atoms with Crippen molar-refractivity contribution in [2.75, 3.05) is 24.9 Å². The van der Waals surface area contributed by atoms with Crippen LogP contribution in [0.15, 0.2) is 36.5 Å². The van der Waals surface area contributed by atoms with Gasteiger partial charge in [-0.15, -0.1) is 0 Å². The summed E-state index contributed by atoms with van der Waals surface area (Å²) in [4.78, 5) is 25.2. The first-order valence-corrected chi connectivity index (χ1v) is 9.77. The number of rotatable bonds is 7. The van der Waals surface area contributed by atoms with E-state index in [9.17, 15) is 9.59 Å². The summed E-state index contributed by atoms with van der Waals surface area (Å²) in [7, 11) is 4.85. The molecule has 2 aromatic carbocycles. The van der Waals surface area contributed by atoms with Gasteiger partial charge in [0.05, 0.1) is 31.6 Å². The molecular weight excluding hydrogens is 384 g/mol. The molecule has 8 nitrogen and oxygen atoms in total. The summed E-state index contributed by atoms with van der Waals surface area (Å²) in [6.07, 6.45) is 4.37. The summed E-state index contributed by atoms with van der Waals surface area (Å²) in [5.41, 5.74) is 2.38. The van der Waals surface area contributed by atoms with Gasteiger partial charge in [0.2, 0.25) is 5.91 Å². The van der Waals surface area contributed by atoms with Gasteiger partial charge in [0.15, 0.2) is 11.5 Å². The molecule has 0 aliphatic heterocycles. The Bertz CT molecular complexity index is 1120. The van der Waals surface area contributed by atoms with E-state index in [0.717, 1.165) is 23.7 Å². The Morgan fingerprint density at radius 3 is 2.63 bits per heavy atom. The Kier molecular flexibility index (Phi) is 5.31. The van der Waals surface area contributed by atoms with Crippen LogP contribution in [0.2, 0.25) is 0 Å². The van der Waals surface area contributed by atoms with E-state index in [1.54, 1.807) is 23.0 Å². The summed E-state index contributed by atoms with van der Waals surface area (Å²) < 4.78 is 12.6. The molecule has 0 atom stereocenters. The van der Waals surface area contributed by atoms with Crippen LogP contribution in [0, 0.1) is 5.92 Å². The molecule has 8 heteroatoms. The van der Waals surface area contributed by atoms with Crippen molar-refractivity contribution in [2.45, 2.75) is 19.3 Å². The standard InChI is InChI=1S/C22H24N4O4/c1-26-18-7-6-16(9-15(18)12-23-26)24-22(28)14-10-17(21(30-3)19(11-14)29-2)25-20(27)8-13-4-5-13/h6-7,9-13H,4-5,8H2,1-3H3,(H,24,28)(H,25,27). The number of aryl methyl sites for hydroxylation is 1. The molecule has 0 saturated heterocycles. The van der Waals surface area contributed by atoms with Crippen LogP contribution in [0.3, 0.4) is 0 Å². The van der Waals surface area contributed by atoms with Crippen molar-refractivity contribution in [3.8, 4) is 11.5 Å². The molecule has 30 heavy (non-hydrogen) atoms. The molecule has 0 unspecified atom stereocenters. The molecule has 1 saturated carbocycles. The van der Waals surface area contributed by atoms with Crippen LogP contribution in [-0.2, 0) is 11.8 Å². The number of anilines is 2. The number of nitrogens with zero attached hydrogens (tertiary/aromatic N) is 2. The Hall–Kier alpha value is -3.55. The molecule has 0 radical (unpaired) electrons. The van der Waals surface area contributed by atoms with Gasteiger partial charge in [0.25, 0.3) is 5.91 Å². The average Bonchev–Trinajstić information content (AvgIpc) is 3.47. The number of carbonyl (C=O) groups is 2. The van der Waals surface area contributed by atoms with Crippen LogP contribution in [0.1, 0.15) is 29.6 Å². The number of benzene rings is 2. The van der Waals surface area contributed by atoms with E-state index in [4.69, 9.17) is 9.47 Å². The summed E-state index contributed by atoms with van der Waals surface area (Å²) in [6.45, 7) is 0. The average molecular weight is 408 g/mol. The summed E-state index contributed by atoms with van der Waals surface area (Å²) in [5.74, 6) is 0.783. The van der Waals surface area contributed by atoms with Crippen molar-refractivity contribution < 1.29 is 19.1 Å². The highest BCUT2D eigenvalue weighted by molar-refractivity contribution is 6.07. The number of methoxy groups -OCH3 is 2. The minimum absolute atomic E-state index is 0.0996. The maximum atomic E-state index is 12.9. The number of nitrogens with one attached hydrogen (secondary N) is 2. The van der Waals surface area contributed by atoms with Crippen molar-refractivity contribution in [3.05, 3.63) is 42.1 Å². The van der Waals surface area contributed by atoms with Gasteiger partial charge in [0.1, 0.15) is 0 Å². The third kappa shape index (κ3) is 4.07. The topological polar surface area (TPSA) is 94.5 Å². The third-order valence-electron chi connectivity index (χ3n) is 5.19. The second kappa shape index (κ2) is 8.06. The van der Waals surface area contributed by atoms with Gasteiger partial charge < -0.3 is 20.1 Å². The largest absolute Gasteiger partial charge is 0.493 e. The van der Waals surface area contributed by atoms with Gasteiger partial charge in [-0.05, 0) is 49.1 Å². The Labute approximate surface area is 174 Å². The van der Waals surface area contributed by atoms with Gasteiger partial charge in [-0.2, -0.15) is 5.10 Å². The van der Waals surface area contributed by atoms with E-state index in [0.29, 0.717) is 40.8 Å². The number of hydrogen-bond acceptors (Lipinski definition) is 5.